The molecule has 0 heterocycles. The van der Waals surface area contributed by atoms with Gasteiger partial charge in [-0.25, -0.2) is 0 Å². The topological polar surface area (TPSA) is 34.1 Å². The number of Topliss-reactive ketones (excluding diaryl/α,β-unsaturated/α-hetero) is 2. The molecule has 0 aliphatic rings. The molecule has 2 heteroatoms. The van der Waals surface area contributed by atoms with Crippen molar-refractivity contribution in [1.29, 1.82) is 0 Å². The number of rotatable bonds is 4. The van der Waals surface area contributed by atoms with Crippen LogP contribution in [0.1, 0.15) is 62.5 Å². The van der Waals surface area contributed by atoms with E-state index < -0.39 is 0 Å². The van der Waals surface area contributed by atoms with Gasteiger partial charge in [0.25, 0.3) is 0 Å². The smallest absolute Gasteiger partial charge is 0.170 e. The van der Waals surface area contributed by atoms with E-state index in [1.54, 1.807) is 0 Å². The van der Waals surface area contributed by atoms with E-state index in [-0.39, 0.29) is 29.3 Å². The van der Waals surface area contributed by atoms with E-state index >= 15 is 0 Å². The minimum atomic E-state index is -0.0879. The molecule has 0 aromatic heterocycles. The molecule has 0 bridgehead atoms. The third-order valence-electron chi connectivity index (χ3n) is 3.38. The molecule has 1 rings (SSSR count). The first-order valence-corrected chi connectivity index (χ1v) is 6.80. The summed E-state index contributed by atoms with van der Waals surface area (Å²) in [7, 11) is 0. The lowest BCUT2D eigenvalue weighted by Gasteiger charge is -2.20. The average molecular weight is 260 g/mol. The van der Waals surface area contributed by atoms with E-state index in [0.717, 1.165) is 11.1 Å². The van der Waals surface area contributed by atoms with Crippen LogP contribution in [0.3, 0.4) is 0 Å². The maximum atomic E-state index is 12.2. The number of hydrogen-bond donors (Lipinski definition) is 0. The zero-order chi connectivity index (χ0) is 14.8. The van der Waals surface area contributed by atoms with Gasteiger partial charge in [0, 0.05) is 11.5 Å². The third kappa shape index (κ3) is 4.02. The van der Waals surface area contributed by atoms with Crippen molar-refractivity contribution in [3.8, 4) is 0 Å². The Bertz CT molecular complexity index is 490. The summed E-state index contributed by atoms with van der Waals surface area (Å²) in [5.74, 6) is -0.150. The van der Waals surface area contributed by atoms with Crippen LogP contribution in [0.15, 0.2) is 18.2 Å². The minimum absolute atomic E-state index is 0.00475. The van der Waals surface area contributed by atoms with Crippen LogP contribution in [0.25, 0.3) is 0 Å². The Morgan fingerprint density at radius 2 is 1.74 bits per heavy atom. The molecule has 0 amide bonds. The van der Waals surface area contributed by atoms with Crippen LogP contribution < -0.4 is 0 Å². The standard InChI is InChI=1S/C17H24O2/c1-11(2)15(18)10-16(19)14-9-13(17(4,5)6)8-7-12(14)3/h7-9,11H,10H2,1-6H3. The molecule has 0 saturated carbocycles. The summed E-state index contributed by atoms with van der Waals surface area (Å²) >= 11 is 0. The van der Waals surface area contributed by atoms with E-state index in [0.29, 0.717) is 5.56 Å². The first-order valence-electron chi connectivity index (χ1n) is 6.80. The minimum Gasteiger partial charge on any atom is -0.299 e. The van der Waals surface area contributed by atoms with Gasteiger partial charge in [0.05, 0.1) is 6.42 Å². The van der Waals surface area contributed by atoms with Gasteiger partial charge in [-0.1, -0.05) is 46.8 Å². The predicted molar refractivity (Wildman–Crippen MR) is 78.7 cm³/mol. The maximum Gasteiger partial charge on any atom is 0.170 e. The molecular formula is C17H24O2. The Morgan fingerprint density at radius 1 is 1.16 bits per heavy atom. The summed E-state index contributed by atoms with van der Waals surface area (Å²) in [6.45, 7) is 11.9. The average Bonchev–Trinajstić information content (AvgIpc) is 2.27. The highest BCUT2D eigenvalue weighted by atomic mass is 16.1. The van der Waals surface area contributed by atoms with Crippen LogP contribution in [0, 0.1) is 12.8 Å². The van der Waals surface area contributed by atoms with Crippen molar-refractivity contribution in [3.05, 3.63) is 34.9 Å². The fraction of sp³-hybridized carbons (Fsp3) is 0.529. The van der Waals surface area contributed by atoms with Gasteiger partial charge in [0.15, 0.2) is 5.78 Å². The zero-order valence-corrected chi connectivity index (χ0v) is 12.8. The van der Waals surface area contributed by atoms with Crippen LogP contribution in [-0.4, -0.2) is 11.6 Å². The van der Waals surface area contributed by atoms with E-state index in [2.05, 4.69) is 26.8 Å². The molecule has 2 nitrogen and oxygen atoms in total. The predicted octanol–water partition coefficient (Wildman–Crippen LogP) is 4.09. The Hall–Kier alpha value is -1.44. The lowest BCUT2D eigenvalue weighted by Crippen LogP contribution is -2.16. The Labute approximate surface area is 116 Å². The second kappa shape index (κ2) is 5.68. The number of benzene rings is 1. The van der Waals surface area contributed by atoms with Gasteiger partial charge in [0.2, 0.25) is 0 Å². The molecule has 0 radical (unpaired) electrons. The second-order valence-corrected chi connectivity index (χ2v) is 6.50. The molecule has 19 heavy (non-hydrogen) atoms. The summed E-state index contributed by atoms with van der Waals surface area (Å²) in [6.07, 6.45) is 0.00605. The summed E-state index contributed by atoms with van der Waals surface area (Å²) in [6, 6.07) is 5.95. The number of hydrogen-bond acceptors (Lipinski definition) is 2. The Morgan fingerprint density at radius 3 is 2.21 bits per heavy atom. The van der Waals surface area contributed by atoms with Gasteiger partial charge >= 0.3 is 0 Å². The molecule has 104 valence electrons. The normalized spacial score (nSPS) is 11.7. The molecule has 0 unspecified atom stereocenters. The molecule has 0 atom stereocenters. The van der Waals surface area contributed by atoms with Gasteiger partial charge in [-0.05, 0) is 29.5 Å². The fourth-order valence-corrected chi connectivity index (χ4v) is 1.85. The summed E-state index contributed by atoms with van der Waals surface area (Å²) in [4.78, 5) is 23.9. The fourth-order valence-electron chi connectivity index (χ4n) is 1.85. The van der Waals surface area contributed by atoms with Crippen molar-refractivity contribution in [3.63, 3.8) is 0 Å². The van der Waals surface area contributed by atoms with Crippen molar-refractivity contribution < 1.29 is 9.59 Å². The number of carbonyl (C=O) groups is 2. The zero-order valence-electron chi connectivity index (χ0n) is 12.8. The van der Waals surface area contributed by atoms with Gasteiger partial charge in [-0.2, -0.15) is 0 Å². The first-order chi connectivity index (χ1) is 8.62. The van der Waals surface area contributed by atoms with E-state index in [9.17, 15) is 9.59 Å². The molecule has 0 fully saturated rings. The van der Waals surface area contributed by atoms with Gasteiger partial charge < -0.3 is 0 Å². The first kappa shape index (κ1) is 15.6. The summed E-state index contributed by atoms with van der Waals surface area (Å²) in [5, 5.41) is 0. The van der Waals surface area contributed by atoms with Gasteiger partial charge in [0.1, 0.15) is 5.78 Å². The van der Waals surface area contributed by atoms with Crippen LogP contribution in [0.2, 0.25) is 0 Å². The monoisotopic (exact) mass is 260 g/mol. The molecule has 0 saturated heterocycles. The SMILES string of the molecule is Cc1ccc(C(C)(C)C)cc1C(=O)CC(=O)C(C)C. The Kier molecular flexibility index (Phi) is 4.67. The van der Waals surface area contributed by atoms with E-state index in [1.165, 1.54) is 0 Å². The molecule has 0 aliphatic carbocycles. The quantitative estimate of drug-likeness (QED) is 0.603. The number of carbonyl (C=O) groups excluding carboxylic acids is 2. The summed E-state index contributed by atoms with van der Waals surface area (Å²) < 4.78 is 0. The number of aryl methyl sites for hydroxylation is 1. The van der Waals surface area contributed by atoms with Crippen molar-refractivity contribution in [2.45, 2.75) is 53.4 Å². The highest BCUT2D eigenvalue weighted by molar-refractivity contribution is 6.09. The van der Waals surface area contributed by atoms with Crippen molar-refractivity contribution in [1.82, 2.24) is 0 Å². The number of ketones is 2. The van der Waals surface area contributed by atoms with E-state index in [1.807, 2.05) is 32.9 Å². The maximum absolute atomic E-state index is 12.2. The lowest BCUT2D eigenvalue weighted by atomic mass is 9.84. The third-order valence-corrected chi connectivity index (χ3v) is 3.38. The van der Waals surface area contributed by atoms with Crippen LogP contribution in [0.5, 0.6) is 0 Å². The van der Waals surface area contributed by atoms with Crippen molar-refractivity contribution in [2.75, 3.05) is 0 Å². The van der Waals surface area contributed by atoms with Gasteiger partial charge in [-0.3, -0.25) is 9.59 Å². The molecule has 1 aromatic rings. The lowest BCUT2D eigenvalue weighted by molar-refractivity contribution is -0.121. The van der Waals surface area contributed by atoms with E-state index in [4.69, 9.17) is 0 Å². The van der Waals surface area contributed by atoms with Crippen LogP contribution in [0.4, 0.5) is 0 Å². The second-order valence-electron chi connectivity index (χ2n) is 6.50. The van der Waals surface area contributed by atoms with Gasteiger partial charge in [-0.15, -0.1) is 0 Å². The Balaban J connectivity index is 3.06. The molecule has 0 aliphatic heterocycles. The molecule has 0 spiro atoms. The largest absolute Gasteiger partial charge is 0.299 e. The summed E-state index contributed by atoms with van der Waals surface area (Å²) in [5.41, 5.74) is 2.75. The highest BCUT2D eigenvalue weighted by Gasteiger charge is 2.19. The van der Waals surface area contributed by atoms with Crippen molar-refractivity contribution in [2.24, 2.45) is 5.92 Å². The highest BCUT2D eigenvalue weighted by Crippen LogP contribution is 2.25. The molecule has 0 N–H and O–H groups in total. The van der Waals surface area contributed by atoms with Crippen molar-refractivity contribution >= 4 is 11.6 Å². The molecular weight excluding hydrogens is 236 g/mol. The molecule has 1 aromatic carbocycles. The van der Waals surface area contributed by atoms with Crippen LogP contribution >= 0.6 is 0 Å². The van der Waals surface area contributed by atoms with Crippen LogP contribution in [-0.2, 0) is 10.2 Å².